The van der Waals surface area contributed by atoms with Gasteiger partial charge in [0.05, 0.1) is 4.92 Å². The highest BCUT2D eigenvalue weighted by atomic mass is 16.6. The van der Waals surface area contributed by atoms with Gasteiger partial charge in [0.25, 0.3) is 11.6 Å². The SMILES string of the molecule is CCC(N)Cc1noc(-c2cccc(C)c2[N+](=O)[O-])n1. The molecule has 7 nitrogen and oxygen atoms in total. The van der Waals surface area contributed by atoms with E-state index in [0.29, 0.717) is 23.4 Å². The molecule has 1 atom stereocenters. The Morgan fingerprint density at radius 3 is 2.90 bits per heavy atom. The van der Waals surface area contributed by atoms with E-state index >= 15 is 0 Å². The van der Waals surface area contributed by atoms with Crippen LogP contribution in [0.15, 0.2) is 22.7 Å². The smallest absolute Gasteiger partial charge is 0.285 e. The van der Waals surface area contributed by atoms with E-state index in [1.165, 1.54) is 0 Å². The molecule has 2 rings (SSSR count). The van der Waals surface area contributed by atoms with Crippen molar-refractivity contribution in [3.8, 4) is 11.5 Å². The van der Waals surface area contributed by atoms with Gasteiger partial charge in [-0.25, -0.2) is 0 Å². The van der Waals surface area contributed by atoms with Crippen LogP contribution in [0.5, 0.6) is 0 Å². The zero-order valence-electron chi connectivity index (χ0n) is 11.4. The minimum Gasteiger partial charge on any atom is -0.334 e. The molecule has 0 spiro atoms. The second-order valence-electron chi connectivity index (χ2n) is 4.62. The molecule has 0 saturated heterocycles. The summed E-state index contributed by atoms with van der Waals surface area (Å²) in [4.78, 5) is 14.9. The number of nitro groups is 1. The largest absolute Gasteiger partial charge is 0.334 e. The Labute approximate surface area is 115 Å². The lowest BCUT2D eigenvalue weighted by Crippen LogP contribution is -2.21. The first-order valence-corrected chi connectivity index (χ1v) is 6.35. The average molecular weight is 276 g/mol. The molecule has 0 aliphatic rings. The minimum absolute atomic E-state index is 0.0116. The van der Waals surface area contributed by atoms with E-state index in [0.717, 1.165) is 6.42 Å². The molecule has 0 fully saturated rings. The van der Waals surface area contributed by atoms with E-state index < -0.39 is 4.92 Å². The van der Waals surface area contributed by atoms with Gasteiger partial charge in [0.15, 0.2) is 5.82 Å². The maximum absolute atomic E-state index is 11.1. The van der Waals surface area contributed by atoms with Crippen molar-refractivity contribution in [2.24, 2.45) is 5.73 Å². The average Bonchev–Trinajstić information content (AvgIpc) is 2.86. The van der Waals surface area contributed by atoms with E-state index in [4.69, 9.17) is 10.3 Å². The quantitative estimate of drug-likeness (QED) is 0.662. The van der Waals surface area contributed by atoms with Crippen molar-refractivity contribution in [3.05, 3.63) is 39.7 Å². The van der Waals surface area contributed by atoms with Crippen LogP contribution in [-0.2, 0) is 6.42 Å². The monoisotopic (exact) mass is 276 g/mol. The highest BCUT2D eigenvalue weighted by molar-refractivity contribution is 5.69. The molecule has 1 unspecified atom stereocenters. The molecule has 7 heteroatoms. The van der Waals surface area contributed by atoms with Crippen molar-refractivity contribution in [1.82, 2.24) is 10.1 Å². The topological polar surface area (TPSA) is 108 Å². The van der Waals surface area contributed by atoms with Gasteiger partial charge in [-0.3, -0.25) is 10.1 Å². The predicted molar refractivity (Wildman–Crippen MR) is 73.1 cm³/mol. The van der Waals surface area contributed by atoms with Crippen molar-refractivity contribution < 1.29 is 9.45 Å². The van der Waals surface area contributed by atoms with Gasteiger partial charge in [0.2, 0.25) is 0 Å². The Bertz CT molecular complexity index is 624. The third kappa shape index (κ3) is 2.83. The lowest BCUT2D eigenvalue weighted by Gasteiger charge is -2.03. The number of aromatic nitrogens is 2. The molecule has 20 heavy (non-hydrogen) atoms. The standard InChI is InChI=1S/C13H16N4O3/c1-3-9(14)7-11-15-13(20-16-11)10-6-4-5-8(2)12(10)17(18)19/h4-6,9H,3,7,14H2,1-2H3. The number of nitrogens with two attached hydrogens (primary N) is 1. The molecule has 106 valence electrons. The summed E-state index contributed by atoms with van der Waals surface area (Å²) in [5.41, 5.74) is 6.70. The summed E-state index contributed by atoms with van der Waals surface area (Å²) in [6.07, 6.45) is 1.29. The van der Waals surface area contributed by atoms with E-state index in [-0.39, 0.29) is 17.6 Å². The molecule has 0 bridgehead atoms. The van der Waals surface area contributed by atoms with Gasteiger partial charge in [0, 0.05) is 18.0 Å². The Morgan fingerprint density at radius 1 is 1.50 bits per heavy atom. The summed E-state index contributed by atoms with van der Waals surface area (Å²) in [5.74, 6) is 0.615. The van der Waals surface area contributed by atoms with Crippen LogP contribution in [0.4, 0.5) is 5.69 Å². The molecule has 1 aromatic carbocycles. The highest BCUT2D eigenvalue weighted by Gasteiger charge is 2.22. The molecular weight excluding hydrogens is 260 g/mol. The first-order valence-electron chi connectivity index (χ1n) is 6.35. The molecule has 2 N–H and O–H groups in total. The number of rotatable bonds is 5. The van der Waals surface area contributed by atoms with Crippen LogP contribution in [0.3, 0.4) is 0 Å². The van der Waals surface area contributed by atoms with Gasteiger partial charge in [-0.2, -0.15) is 4.98 Å². The molecule has 1 heterocycles. The van der Waals surface area contributed by atoms with Crippen LogP contribution < -0.4 is 5.73 Å². The minimum atomic E-state index is -0.438. The van der Waals surface area contributed by atoms with Crippen molar-refractivity contribution in [2.75, 3.05) is 0 Å². The van der Waals surface area contributed by atoms with Crippen LogP contribution in [0.25, 0.3) is 11.5 Å². The number of para-hydroxylation sites is 1. The van der Waals surface area contributed by atoms with Crippen LogP contribution in [0.1, 0.15) is 24.7 Å². The number of nitro benzene ring substituents is 1. The van der Waals surface area contributed by atoms with Gasteiger partial charge in [-0.1, -0.05) is 24.2 Å². The maximum Gasteiger partial charge on any atom is 0.285 e. The molecule has 0 saturated carbocycles. The Kier molecular flexibility index (Phi) is 4.09. The van der Waals surface area contributed by atoms with Crippen molar-refractivity contribution in [2.45, 2.75) is 32.7 Å². The summed E-state index contributed by atoms with van der Waals surface area (Å²) in [7, 11) is 0. The maximum atomic E-state index is 11.1. The van der Waals surface area contributed by atoms with Crippen LogP contribution in [0, 0.1) is 17.0 Å². The van der Waals surface area contributed by atoms with E-state index in [9.17, 15) is 10.1 Å². The fourth-order valence-corrected chi connectivity index (χ4v) is 1.90. The normalized spacial score (nSPS) is 12.3. The molecule has 0 amide bonds. The number of aryl methyl sites for hydroxylation is 1. The fourth-order valence-electron chi connectivity index (χ4n) is 1.90. The third-order valence-corrected chi connectivity index (χ3v) is 3.09. The zero-order chi connectivity index (χ0) is 14.7. The lowest BCUT2D eigenvalue weighted by molar-refractivity contribution is -0.384. The Hall–Kier alpha value is -2.28. The van der Waals surface area contributed by atoms with E-state index in [1.54, 1.807) is 25.1 Å². The highest BCUT2D eigenvalue weighted by Crippen LogP contribution is 2.31. The first kappa shape index (κ1) is 14.1. The zero-order valence-corrected chi connectivity index (χ0v) is 11.4. The second kappa shape index (κ2) is 5.79. The fraction of sp³-hybridized carbons (Fsp3) is 0.385. The Morgan fingerprint density at radius 2 is 2.25 bits per heavy atom. The second-order valence-corrected chi connectivity index (χ2v) is 4.62. The van der Waals surface area contributed by atoms with E-state index in [1.807, 2.05) is 6.92 Å². The van der Waals surface area contributed by atoms with Crippen molar-refractivity contribution >= 4 is 5.69 Å². The summed E-state index contributed by atoms with van der Waals surface area (Å²) in [6, 6.07) is 4.95. The molecule has 0 aliphatic heterocycles. The van der Waals surface area contributed by atoms with Crippen LogP contribution in [-0.4, -0.2) is 21.1 Å². The van der Waals surface area contributed by atoms with Crippen LogP contribution in [0.2, 0.25) is 0 Å². The molecular formula is C13H16N4O3. The summed E-state index contributed by atoms with van der Waals surface area (Å²) >= 11 is 0. The summed E-state index contributed by atoms with van der Waals surface area (Å²) in [6.45, 7) is 3.64. The summed E-state index contributed by atoms with van der Waals surface area (Å²) in [5, 5.41) is 15.0. The number of hydrogen-bond acceptors (Lipinski definition) is 6. The van der Waals surface area contributed by atoms with E-state index in [2.05, 4.69) is 10.1 Å². The van der Waals surface area contributed by atoms with Crippen LogP contribution >= 0.6 is 0 Å². The number of benzene rings is 1. The van der Waals surface area contributed by atoms with Gasteiger partial charge in [-0.15, -0.1) is 0 Å². The Balaban J connectivity index is 2.38. The van der Waals surface area contributed by atoms with Gasteiger partial charge < -0.3 is 10.3 Å². The van der Waals surface area contributed by atoms with Crippen molar-refractivity contribution in [1.29, 1.82) is 0 Å². The summed E-state index contributed by atoms with van der Waals surface area (Å²) < 4.78 is 5.12. The lowest BCUT2D eigenvalue weighted by atomic mass is 10.1. The molecule has 1 aromatic heterocycles. The van der Waals surface area contributed by atoms with Gasteiger partial charge in [-0.05, 0) is 19.4 Å². The van der Waals surface area contributed by atoms with Gasteiger partial charge in [0.1, 0.15) is 5.56 Å². The first-order chi connectivity index (χ1) is 9.52. The predicted octanol–water partition coefficient (Wildman–Crippen LogP) is 2.23. The molecule has 0 radical (unpaired) electrons. The molecule has 0 aliphatic carbocycles. The van der Waals surface area contributed by atoms with Crippen molar-refractivity contribution in [3.63, 3.8) is 0 Å². The third-order valence-electron chi connectivity index (χ3n) is 3.09. The van der Waals surface area contributed by atoms with Gasteiger partial charge >= 0.3 is 0 Å². The number of hydrogen-bond donors (Lipinski definition) is 1. The number of nitrogens with zero attached hydrogens (tertiary/aromatic N) is 3. The molecule has 2 aromatic rings.